The maximum Gasteiger partial charge on any atom is 0.0685 e. The second-order valence-corrected chi connectivity index (χ2v) is 6.50. The van der Waals surface area contributed by atoms with Crippen molar-refractivity contribution in [1.82, 2.24) is 0 Å². The maximum absolute atomic E-state index is 9.44. The summed E-state index contributed by atoms with van der Waals surface area (Å²) < 4.78 is 1.20. The SMILES string of the molecule is CCC1=C(SCl)Sc2cc(C)cc(CO)c2C1. The number of aliphatic hydroxyl groups is 1. The molecule has 4 heteroatoms. The predicted molar refractivity (Wildman–Crippen MR) is 77.4 cm³/mol. The Morgan fingerprint density at radius 1 is 1.47 bits per heavy atom. The molecule has 0 saturated heterocycles. The Morgan fingerprint density at radius 2 is 2.24 bits per heavy atom. The van der Waals surface area contributed by atoms with Crippen LogP contribution in [-0.4, -0.2) is 5.11 Å². The molecule has 0 aliphatic carbocycles. The molecule has 0 radical (unpaired) electrons. The minimum atomic E-state index is 0.116. The average Bonchev–Trinajstić information content (AvgIpc) is 2.35. The highest BCUT2D eigenvalue weighted by atomic mass is 35.7. The monoisotopic (exact) mass is 286 g/mol. The van der Waals surface area contributed by atoms with Gasteiger partial charge in [-0.15, -0.1) is 0 Å². The van der Waals surface area contributed by atoms with Crippen molar-refractivity contribution < 1.29 is 5.11 Å². The van der Waals surface area contributed by atoms with Gasteiger partial charge in [-0.25, -0.2) is 0 Å². The number of rotatable bonds is 3. The zero-order valence-electron chi connectivity index (χ0n) is 9.92. The highest BCUT2D eigenvalue weighted by molar-refractivity contribution is 8.34. The highest BCUT2D eigenvalue weighted by Gasteiger charge is 2.20. The van der Waals surface area contributed by atoms with Crippen LogP contribution in [0.2, 0.25) is 0 Å². The fraction of sp³-hybridized carbons (Fsp3) is 0.385. The highest BCUT2D eigenvalue weighted by Crippen LogP contribution is 2.47. The minimum absolute atomic E-state index is 0.116. The van der Waals surface area contributed by atoms with Gasteiger partial charge in [0.05, 0.1) is 10.8 Å². The van der Waals surface area contributed by atoms with Gasteiger partial charge in [-0.1, -0.05) is 24.8 Å². The van der Waals surface area contributed by atoms with Crippen molar-refractivity contribution in [3.05, 3.63) is 38.6 Å². The summed E-state index contributed by atoms with van der Waals surface area (Å²) >= 11 is 1.73. The summed E-state index contributed by atoms with van der Waals surface area (Å²) in [6.45, 7) is 4.33. The summed E-state index contributed by atoms with van der Waals surface area (Å²) in [7, 11) is 7.24. The van der Waals surface area contributed by atoms with Gasteiger partial charge in [-0.2, -0.15) is 0 Å². The Labute approximate surface area is 115 Å². The van der Waals surface area contributed by atoms with E-state index in [0.29, 0.717) is 0 Å². The van der Waals surface area contributed by atoms with Crippen molar-refractivity contribution in [1.29, 1.82) is 0 Å². The molecular formula is C13H15ClOS2. The van der Waals surface area contributed by atoms with Gasteiger partial charge in [0.2, 0.25) is 0 Å². The van der Waals surface area contributed by atoms with Crippen molar-refractivity contribution >= 4 is 33.4 Å². The Kier molecular flexibility index (Phi) is 4.47. The lowest BCUT2D eigenvalue weighted by molar-refractivity contribution is 0.280. The number of hydrogen-bond acceptors (Lipinski definition) is 3. The predicted octanol–water partition coefficient (Wildman–Crippen LogP) is 4.64. The zero-order valence-corrected chi connectivity index (χ0v) is 12.3. The molecule has 2 rings (SSSR count). The third-order valence-electron chi connectivity index (χ3n) is 2.99. The molecule has 0 aromatic heterocycles. The van der Waals surface area contributed by atoms with Crippen LogP contribution in [0.3, 0.4) is 0 Å². The van der Waals surface area contributed by atoms with E-state index in [1.807, 2.05) is 0 Å². The van der Waals surface area contributed by atoms with E-state index in [9.17, 15) is 5.11 Å². The molecule has 17 heavy (non-hydrogen) atoms. The quantitative estimate of drug-likeness (QED) is 0.874. The topological polar surface area (TPSA) is 20.2 Å². The summed E-state index contributed by atoms with van der Waals surface area (Å²) in [6.07, 6.45) is 1.93. The van der Waals surface area contributed by atoms with Crippen LogP contribution in [0.5, 0.6) is 0 Å². The fourth-order valence-electron chi connectivity index (χ4n) is 2.09. The Bertz CT molecular complexity index is 469. The molecule has 0 unspecified atom stereocenters. The van der Waals surface area contributed by atoms with Crippen LogP contribution >= 0.6 is 33.4 Å². The number of thioether (sulfide) groups is 1. The van der Waals surface area contributed by atoms with Crippen molar-refractivity contribution in [3.63, 3.8) is 0 Å². The van der Waals surface area contributed by atoms with Crippen molar-refractivity contribution in [2.75, 3.05) is 0 Å². The Morgan fingerprint density at radius 3 is 2.82 bits per heavy atom. The van der Waals surface area contributed by atoms with Gasteiger partial charge in [0, 0.05) is 4.90 Å². The molecule has 1 aromatic rings. The summed E-state index contributed by atoms with van der Waals surface area (Å²) in [5.74, 6) is 0. The van der Waals surface area contributed by atoms with Crippen LogP contribution < -0.4 is 0 Å². The number of fused-ring (bicyclic) bond motifs is 1. The summed E-state index contributed by atoms with van der Waals surface area (Å²) in [5.41, 5.74) is 4.90. The lowest BCUT2D eigenvalue weighted by Crippen LogP contribution is -2.05. The zero-order chi connectivity index (χ0) is 12.4. The normalized spacial score (nSPS) is 15.1. The van der Waals surface area contributed by atoms with Crippen LogP contribution in [0.4, 0.5) is 0 Å². The van der Waals surface area contributed by atoms with Gasteiger partial charge in [0.15, 0.2) is 0 Å². The molecule has 1 aromatic carbocycles. The van der Waals surface area contributed by atoms with E-state index < -0.39 is 0 Å². The van der Waals surface area contributed by atoms with Crippen LogP contribution in [0.1, 0.15) is 30.0 Å². The maximum atomic E-state index is 9.44. The summed E-state index contributed by atoms with van der Waals surface area (Å²) in [4.78, 5) is 1.24. The third kappa shape index (κ3) is 2.68. The molecule has 1 N–H and O–H groups in total. The van der Waals surface area contributed by atoms with Gasteiger partial charge in [-0.05, 0) is 69.8 Å². The summed E-state index contributed by atoms with van der Waals surface area (Å²) in [5, 5.41) is 9.44. The minimum Gasteiger partial charge on any atom is -0.392 e. The molecule has 0 fully saturated rings. The number of hydrogen-bond donors (Lipinski definition) is 1. The van der Waals surface area contributed by atoms with Crippen molar-refractivity contribution in [2.24, 2.45) is 0 Å². The first-order valence-corrected chi connectivity index (χ1v) is 8.07. The van der Waals surface area contributed by atoms with Crippen molar-refractivity contribution in [2.45, 2.75) is 38.2 Å². The molecule has 92 valence electrons. The molecule has 0 amide bonds. The van der Waals surface area contributed by atoms with E-state index in [4.69, 9.17) is 10.7 Å². The van der Waals surface area contributed by atoms with Crippen molar-refractivity contribution in [3.8, 4) is 0 Å². The third-order valence-corrected chi connectivity index (χ3v) is 5.72. The van der Waals surface area contributed by atoms with E-state index in [0.717, 1.165) is 18.4 Å². The standard InChI is InChI=1S/C13H15ClOS2/c1-3-9-6-11-10(7-15)4-8(2)5-12(11)16-13(9)17-14/h4-5,15H,3,6-7H2,1-2H3. The van der Waals surface area contributed by atoms with E-state index in [2.05, 4.69) is 26.0 Å². The fourth-order valence-corrected chi connectivity index (χ4v) is 4.55. The molecule has 0 bridgehead atoms. The van der Waals surface area contributed by atoms with Gasteiger partial charge < -0.3 is 5.11 Å². The average molecular weight is 287 g/mol. The summed E-state index contributed by atoms with van der Waals surface area (Å²) in [6, 6.07) is 4.25. The van der Waals surface area contributed by atoms with Gasteiger partial charge in [0.25, 0.3) is 0 Å². The number of aryl methyl sites for hydroxylation is 1. The van der Waals surface area contributed by atoms with Gasteiger partial charge in [-0.3, -0.25) is 0 Å². The molecule has 1 aliphatic heterocycles. The van der Waals surface area contributed by atoms with E-state index in [1.165, 1.54) is 36.8 Å². The molecular weight excluding hydrogens is 272 g/mol. The van der Waals surface area contributed by atoms with Crippen LogP contribution in [0.25, 0.3) is 0 Å². The van der Waals surface area contributed by atoms with E-state index >= 15 is 0 Å². The number of halogens is 1. The first kappa shape index (κ1) is 13.3. The number of allylic oxidation sites excluding steroid dienone is 1. The van der Waals surface area contributed by atoms with E-state index in [-0.39, 0.29) is 6.61 Å². The van der Waals surface area contributed by atoms with Crippen LogP contribution in [0, 0.1) is 6.92 Å². The number of aliphatic hydroxyl groups excluding tert-OH is 1. The molecule has 1 heterocycles. The molecule has 1 aliphatic rings. The molecule has 0 spiro atoms. The van der Waals surface area contributed by atoms with E-state index in [1.54, 1.807) is 11.8 Å². The lowest BCUT2D eigenvalue weighted by Gasteiger charge is -2.22. The van der Waals surface area contributed by atoms with Crippen LogP contribution in [0.15, 0.2) is 26.8 Å². The molecule has 0 atom stereocenters. The second-order valence-electron chi connectivity index (χ2n) is 4.16. The smallest absolute Gasteiger partial charge is 0.0685 e. The largest absolute Gasteiger partial charge is 0.392 e. The van der Waals surface area contributed by atoms with Crippen LogP contribution in [-0.2, 0) is 13.0 Å². The Balaban J connectivity index is 2.47. The second kappa shape index (κ2) is 5.70. The first-order chi connectivity index (χ1) is 8.19. The van der Waals surface area contributed by atoms with Gasteiger partial charge in [0.1, 0.15) is 0 Å². The molecule has 1 nitrogen and oxygen atoms in total. The lowest BCUT2D eigenvalue weighted by atomic mass is 9.97. The first-order valence-electron chi connectivity index (χ1n) is 5.61. The molecule has 0 saturated carbocycles. The number of benzene rings is 1. The Hall–Kier alpha value is -0.0900. The van der Waals surface area contributed by atoms with Gasteiger partial charge >= 0.3 is 0 Å².